The van der Waals surface area contributed by atoms with E-state index in [4.69, 9.17) is 0 Å². The second-order valence-corrected chi connectivity index (χ2v) is 7.56. The summed E-state index contributed by atoms with van der Waals surface area (Å²) in [7, 11) is -2.84. The molecule has 2 unspecified atom stereocenters. The molecule has 17 heavy (non-hydrogen) atoms. The summed E-state index contributed by atoms with van der Waals surface area (Å²) < 4.78 is 25.2. The molecule has 6 heteroatoms. The van der Waals surface area contributed by atoms with Crippen molar-refractivity contribution in [2.24, 2.45) is 5.92 Å². The van der Waals surface area contributed by atoms with Crippen LogP contribution >= 0.6 is 0 Å². The van der Waals surface area contributed by atoms with E-state index in [1.165, 1.54) is 0 Å². The van der Waals surface area contributed by atoms with Gasteiger partial charge in [0.15, 0.2) is 9.84 Å². The van der Waals surface area contributed by atoms with E-state index in [0.717, 1.165) is 31.0 Å². The molecule has 0 N–H and O–H groups in total. The van der Waals surface area contributed by atoms with Crippen molar-refractivity contribution < 1.29 is 8.42 Å². The fraction of sp³-hybridized carbons (Fsp3) is 0.818. The van der Waals surface area contributed by atoms with Gasteiger partial charge in [0.25, 0.3) is 0 Å². The monoisotopic (exact) mass is 255 g/mol. The predicted octanol–water partition coefficient (Wildman–Crippen LogP) is 0.762. The summed E-state index contributed by atoms with van der Waals surface area (Å²) in [5, 5.41) is 8.43. The van der Waals surface area contributed by atoms with E-state index in [-0.39, 0.29) is 11.7 Å². The molecule has 0 spiro atoms. The van der Waals surface area contributed by atoms with Gasteiger partial charge in [-0.15, -0.1) is 10.2 Å². The summed E-state index contributed by atoms with van der Waals surface area (Å²) in [4.78, 5) is 0. The molecule has 1 saturated heterocycles. The Labute approximate surface area is 101 Å². The topological polar surface area (TPSA) is 64.8 Å². The Morgan fingerprint density at radius 2 is 2.12 bits per heavy atom. The van der Waals surface area contributed by atoms with E-state index in [1.54, 1.807) is 0 Å². The first-order chi connectivity index (χ1) is 8.05. The normalized spacial score (nSPS) is 31.4. The standard InChI is InChI=1S/C11H17N3O2S/c1-8-2-3-10-12-13-11(14(10)6-8)9-4-5-17(15,16)7-9/h8-9H,2-7H2,1H3. The van der Waals surface area contributed by atoms with Crippen molar-refractivity contribution in [2.45, 2.75) is 38.6 Å². The number of hydrogen-bond donors (Lipinski definition) is 0. The molecular weight excluding hydrogens is 238 g/mol. The van der Waals surface area contributed by atoms with Crippen LogP contribution in [0.15, 0.2) is 0 Å². The smallest absolute Gasteiger partial charge is 0.151 e. The molecule has 0 aromatic carbocycles. The minimum atomic E-state index is -2.84. The first-order valence-corrected chi connectivity index (χ1v) is 8.00. The van der Waals surface area contributed by atoms with E-state index in [1.807, 2.05) is 0 Å². The summed E-state index contributed by atoms with van der Waals surface area (Å²) >= 11 is 0. The Bertz CT molecular complexity index is 535. The van der Waals surface area contributed by atoms with Gasteiger partial charge in [0, 0.05) is 18.9 Å². The summed E-state index contributed by atoms with van der Waals surface area (Å²) in [5.74, 6) is 3.17. The molecule has 2 aliphatic rings. The third-order valence-electron chi connectivity index (χ3n) is 3.81. The van der Waals surface area contributed by atoms with Gasteiger partial charge in [-0.25, -0.2) is 8.42 Å². The molecule has 5 nitrogen and oxygen atoms in total. The highest BCUT2D eigenvalue weighted by Crippen LogP contribution is 2.30. The Morgan fingerprint density at radius 1 is 1.29 bits per heavy atom. The largest absolute Gasteiger partial charge is 0.314 e. The van der Waals surface area contributed by atoms with Crippen molar-refractivity contribution in [1.29, 1.82) is 0 Å². The van der Waals surface area contributed by atoms with Crippen LogP contribution in [0.4, 0.5) is 0 Å². The molecule has 3 heterocycles. The zero-order chi connectivity index (χ0) is 12.0. The summed E-state index contributed by atoms with van der Waals surface area (Å²) in [6.07, 6.45) is 2.82. The van der Waals surface area contributed by atoms with Gasteiger partial charge in [-0.2, -0.15) is 0 Å². The number of fused-ring (bicyclic) bond motifs is 1. The van der Waals surface area contributed by atoms with Crippen molar-refractivity contribution >= 4 is 9.84 Å². The van der Waals surface area contributed by atoms with Crippen molar-refractivity contribution in [3.63, 3.8) is 0 Å². The highest BCUT2D eigenvalue weighted by atomic mass is 32.2. The lowest BCUT2D eigenvalue weighted by molar-refractivity contribution is 0.382. The van der Waals surface area contributed by atoms with Crippen LogP contribution in [-0.4, -0.2) is 34.7 Å². The highest BCUT2D eigenvalue weighted by molar-refractivity contribution is 7.91. The molecule has 1 fully saturated rings. The van der Waals surface area contributed by atoms with E-state index in [0.29, 0.717) is 18.1 Å². The lowest BCUT2D eigenvalue weighted by atomic mass is 10.0. The van der Waals surface area contributed by atoms with Gasteiger partial charge in [-0.1, -0.05) is 6.92 Å². The number of sulfone groups is 1. The first kappa shape index (κ1) is 11.2. The molecule has 1 aromatic heterocycles. The van der Waals surface area contributed by atoms with Crippen molar-refractivity contribution in [1.82, 2.24) is 14.8 Å². The second-order valence-electron chi connectivity index (χ2n) is 5.33. The fourth-order valence-electron chi connectivity index (χ4n) is 2.81. The summed E-state index contributed by atoms with van der Waals surface area (Å²) in [6.45, 7) is 3.16. The van der Waals surface area contributed by atoms with Crippen molar-refractivity contribution in [2.75, 3.05) is 11.5 Å². The molecule has 1 aromatic rings. The first-order valence-electron chi connectivity index (χ1n) is 6.17. The summed E-state index contributed by atoms with van der Waals surface area (Å²) in [6, 6.07) is 0. The van der Waals surface area contributed by atoms with Crippen LogP contribution in [0, 0.1) is 5.92 Å². The number of hydrogen-bond acceptors (Lipinski definition) is 4. The van der Waals surface area contributed by atoms with Crippen LogP contribution < -0.4 is 0 Å². The number of rotatable bonds is 1. The quantitative estimate of drug-likeness (QED) is 0.743. The van der Waals surface area contributed by atoms with Crippen LogP contribution in [0.5, 0.6) is 0 Å². The van der Waals surface area contributed by atoms with Crippen LogP contribution in [-0.2, 0) is 22.8 Å². The zero-order valence-electron chi connectivity index (χ0n) is 9.96. The lowest BCUT2D eigenvalue weighted by Crippen LogP contribution is -2.21. The fourth-order valence-corrected chi connectivity index (χ4v) is 4.55. The molecule has 2 aliphatic heterocycles. The second kappa shape index (κ2) is 3.80. The van der Waals surface area contributed by atoms with Gasteiger partial charge >= 0.3 is 0 Å². The van der Waals surface area contributed by atoms with Crippen LogP contribution in [0.3, 0.4) is 0 Å². The summed E-state index contributed by atoms with van der Waals surface area (Å²) in [5.41, 5.74) is 0. The molecule has 94 valence electrons. The van der Waals surface area contributed by atoms with E-state index in [2.05, 4.69) is 21.7 Å². The van der Waals surface area contributed by atoms with Crippen LogP contribution in [0.2, 0.25) is 0 Å². The van der Waals surface area contributed by atoms with Gasteiger partial charge in [-0.3, -0.25) is 0 Å². The van der Waals surface area contributed by atoms with Crippen molar-refractivity contribution in [3.8, 4) is 0 Å². The molecule has 0 bridgehead atoms. The number of nitrogens with zero attached hydrogens (tertiary/aromatic N) is 3. The Morgan fingerprint density at radius 3 is 2.82 bits per heavy atom. The molecule has 3 rings (SSSR count). The minimum Gasteiger partial charge on any atom is -0.314 e. The van der Waals surface area contributed by atoms with Gasteiger partial charge in [0.05, 0.1) is 11.5 Å². The van der Waals surface area contributed by atoms with Gasteiger partial charge < -0.3 is 4.57 Å². The lowest BCUT2D eigenvalue weighted by Gasteiger charge is -2.22. The molecular formula is C11H17N3O2S. The number of aryl methyl sites for hydroxylation is 1. The number of aromatic nitrogens is 3. The van der Waals surface area contributed by atoms with E-state index in [9.17, 15) is 8.42 Å². The van der Waals surface area contributed by atoms with Gasteiger partial charge in [-0.05, 0) is 18.8 Å². The third-order valence-corrected chi connectivity index (χ3v) is 5.58. The molecule has 0 radical (unpaired) electrons. The molecule has 0 amide bonds. The predicted molar refractivity (Wildman–Crippen MR) is 63.5 cm³/mol. The Kier molecular flexibility index (Phi) is 2.50. The van der Waals surface area contributed by atoms with Crippen LogP contribution in [0.1, 0.15) is 37.3 Å². The van der Waals surface area contributed by atoms with Gasteiger partial charge in [0.2, 0.25) is 0 Å². The van der Waals surface area contributed by atoms with E-state index < -0.39 is 9.84 Å². The highest BCUT2D eigenvalue weighted by Gasteiger charge is 2.34. The third kappa shape index (κ3) is 1.99. The average molecular weight is 255 g/mol. The Balaban J connectivity index is 1.92. The Hall–Kier alpha value is -0.910. The van der Waals surface area contributed by atoms with Crippen LogP contribution in [0.25, 0.3) is 0 Å². The SMILES string of the molecule is CC1CCc2nnc(C3CCS(=O)(=O)C3)n2C1. The average Bonchev–Trinajstić information content (AvgIpc) is 2.81. The van der Waals surface area contributed by atoms with Crippen molar-refractivity contribution in [3.05, 3.63) is 11.6 Å². The zero-order valence-corrected chi connectivity index (χ0v) is 10.8. The minimum absolute atomic E-state index is 0.0616. The molecule has 0 saturated carbocycles. The van der Waals surface area contributed by atoms with E-state index >= 15 is 0 Å². The maximum absolute atomic E-state index is 11.5. The maximum Gasteiger partial charge on any atom is 0.151 e. The molecule has 2 atom stereocenters. The maximum atomic E-state index is 11.5. The van der Waals surface area contributed by atoms with Gasteiger partial charge in [0.1, 0.15) is 11.6 Å². The molecule has 0 aliphatic carbocycles.